The van der Waals surface area contributed by atoms with Gasteiger partial charge in [-0.15, -0.1) is 0 Å². The maximum atomic E-state index is 11.8. The molecular weight excluding hydrogens is 220 g/mol. The average molecular weight is 238 g/mol. The smallest absolute Gasteiger partial charge is 0.325 e. The van der Waals surface area contributed by atoms with E-state index in [4.69, 9.17) is 4.74 Å². The summed E-state index contributed by atoms with van der Waals surface area (Å²) in [6.45, 7) is 2.53. The summed E-state index contributed by atoms with van der Waals surface area (Å²) >= 11 is 0. The molecule has 0 aliphatic heterocycles. The van der Waals surface area contributed by atoms with E-state index in [0.29, 0.717) is 19.0 Å². The largest absolute Gasteiger partial charge is 0.468 e. The first-order valence-electron chi connectivity index (χ1n) is 5.82. The molecule has 1 fully saturated rings. The molecule has 1 aliphatic rings. The van der Waals surface area contributed by atoms with Crippen molar-refractivity contribution in [3.63, 3.8) is 0 Å². The van der Waals surface area contributed by atoms with Gasteiger partial charge >= 0.3 is 5.97 Å². The number of hydrogen-bond acceptors (Lipinski definition) is 5. The van der Waals surface area contributed by atoms with Gasteiger partial charge in [0.05, 0.1) is 7.11 Å². The van der Waals surface area contributed by atoms with Crippen molar-refractivity contribution in [3.8, 4) is 0 Å². The van der Waals surface area contributed by atoms with E-state index in [1.165, 1.54) is 13.4 Å². The first kappa shape index (κ1) is 12.0. The zero-order valence-electron chi connectivity index (χ0n) is 10.2. The number of ether oxygens (including phenoxy) is 1. The molecule has 1 aromatic rings. The van der Waals surface area contributed by atoms with Crippen molar-refractivity contribution in [2.75, 3.05) is 7.11 Å². The van der Waals surface area contributed by atoms with Gasteiger partial charge in [0.15, 0.2) is 0 Å². The predicted molar refractivity (Wildman–Crippen MR) is 61.2 cm³/mol. The van der Waals surface area contributed by atoms with Gasteiger partial charge in [-0.05, 0) is 26.2 Å². The van der Waals surface area contributed by atoms with Crippen LogP contribution < -0.4 is 5.32 Å². The fourth-order valence-electron chi connectivity index (χ4n) is 1.82. The molecule has 1 saturated carbocycles. The molecule has 0 bridgehead atoms. The van der Waals surface area contributed by atoms with Crippen LogP contribution in [0, 0.1) is 0 Å². The maximum Gasteiger partial charge on any atom is 0.325 e. The zero-order valence-corrected chi connectivity index (χ0v) is 10.2. The highest BCUT2D eigenvalue weighted by molar-refractivity contribution is 5.80. The zero-order chi connectivity index (χ0) is 12.3. The lowest BCUT2D eigenvalue weighted by Gasteiger charge is -2.28. The van der Waals surface area contributed by atoms with E-state index >= 15 is 0 Å². The van der Waals surface area contributed by atoms with Crippen LogP contribution in [-0.4, -0.2) is 39.4 Å². The maximum absolute atomic E-state index is 11.8. The summed E-state index contributed by atoms with van der Waals surface area (Å²) in [5.41, 5.74) is -0.637. The number of methoxy groups -OCH3 is 1. The Labute approximate surface area is 100 Å². The Morgan fingerprint density at radius 3 is 2.94 bits per heavy atom. The average Bonchev–Trinajstić information content (AvgIpc) is 2.97. The monoisotopic (exact) mass is 238 g/mol. The summed E-state index contributed by atoms with van der Waals surface area (Å²) in [4.78, 5) is 15.7. The van der Waals surface area contributed by atoms with Crippen LogP contribution >= 0.6 is 0 Å². The highest BCUT2D eigenvalue weighted by atomic mass is 16.5. The molecule has 0 amide bonds. The standard InChI is InChI=1S/C11H18N4O2/c1-11(10(16)17-2,14-9-3-4-9)5-6-15-8-12-7-13-15/h7-9,14H,3-6H2,1-2H3. The topological polar surface area (TPSA) is 69.0 Å². The number of nitrogens with zero attached hydrogens (tertiary/aromatic N) is 3. The van der Waals surface area contributed by atoms with Crippen molar-refractivity contribution in [3.05, 3.63) is 12.7 Å². The normalized spacial score (nSPS) is 18.7. The molecule has 0 saturated heterocycles. The molecule has 0 spiro atoms. The fourth-order valence-corrected chi connectivity index (χ4v) is 1.82. The molecule has 6 heteroatoms. The molecule has 1 N–H and O–H groups in total. The van der Waals surface area contributed by atoms with Gasteiger partial charge < -0.3 is 4.74 Å². The van der Waals surface area contributed by atoms with Gasteiger partial charge in [0.2, 0.25) is 0 Å². The number of hydrogen-bond donors (Lipinski definition) is 1. The van der Waals surface area contributed by atoms with Gasteiger partial charge in [-0.1, -0.05) is 0 Å². The molecule has 1 heterocycles. The second kappa shape index (κ2) is 4.83. The van der Waals surface area contributed by atoms with E-state index in [9.17, 15) is 4.79 Å². The second-order valence-corrected chi connectivity index (χ2v) is 4.65. The van der Waals surface area contributed by atoms with Crippen LogP contribution in [0.3, 0.4) is 0 Å². The Bertz CT molecular complexity index is 375. The van der Waals surface area contributed by atoms with E-state index < -0.39 is 5.54 Å². The molecule has 0 aromatic carbocycles. The minimum Gasteiger partial charge on any atom is -0.468 e. The third-order valence-corrected chi connectivity index (χ3v) is 3.04. The van der Waals surface area contributed by atoms with E-state index in [1.54, 1.807) is 11.0 Å². The Morgan fingerprint density at radius 1 is 1.65 bits per heavy atom. The minimum absolute atomic E-state index is 0.218. The molecular formula is C11H18N4O2. The van der Waals surface area contributed by atoms with Crippen LogP contribution in [0.2, 0.25) is 0 Å². The van der Waals surface area contributed by atoms with Crippen molar-refractivity contribution in [1.29, 1.82) is 0 Å². The third-order valence-electron chi connectivity index (χ3n) is 3.04. The van der Waals surface area contributed by atoms with Crippen molar-refractivity contribution in [2.24, 2.45) is 0 Å². The Kier molecular flexibility index (Phi) is 3.42. The van der Waals surface area contributed by atoms with Crippen LogP contribution in [0.5, 0.6) is 0 Å². The SMILES string of the molecule is COC(=O)C(C)(CCn1cncn1)NC1CC1. The lowest BCUT2D eigenvalue weighted by Crippen LogP contribution is -2.51. The molecule has 0 radical (unpaired) electrons. The lowest BCUT2D eigenvalue weighted by atomic mass is 9.97. The van der Waals surface area contributed by atoms with E-state index in [2.05, 4.69) is 15.4 Å². The summed E-state index contributed by atoms with van der Waals surface area (Å²) in [5, 5.41) is 7.37. The number of aryl methyl sites for hydroxylation is 1. The minimum atomic E-state index is -0.637. The molecule has 2 rings (SSSR count). The van der Waals surface area contributed by atoms with Gasteiger partial charge in [0.25, 0.3) is 0 Å². The van der Waals surface area contributed by atoms with Gasteiger partial charge in [-0.25, -0.2) is 4.98 Å². The summed E-state index contributed by atoms with van der Waals surface area (Å²) in [6, 6.07) is 0.454. The van der Waals surface area contributed by atoms with Crippen molar-refractivity contribution >= 4 is 5.97 Å². The Morgan fingerprint density at radius 2 is 2.41 bits per heavy atom. The Hall–Kier alpha value is -1.43. The van der Waals surface area contributed by atoms with Crippen LogP contribution in [0.15, 0.2) is 12.7 Å². The third kappa shape index (κ3) is 3.03. The first-order chi connectivity index (χ1) is 8.14. The van der Waals surface area contributed by atoms with Crippen LogP contribution in [0.25, 0.3) is 0 Å². The molecule has 94 valence electrons. The fraction of sp³-hybridized carbons (Fsp3) is 0.727. The number of aromatic nitrogens is 3. The van der Waals surface area contributed by atoms with E-state index in [-0.39, 0.29) is 5.97 Å². The summed E-state index contributed by atoms with van der Waals surface area (Å²) in [5.74, 6) is -0.218. The number of carbonyl (C=O) groups excluding carboxylic acids is 1. The quantitative estimate of drug-likeness (QED) is 0.724. The molecule has 1 unspecified atom stereocenters. The molecule has 1 aliphatic carbocycles. The van der Waals surface area contributed by atoms with E-state index in [0.717, 1.165) is 12.8 Å². The van der Waals surface area contributed by atoms with Crippen LogP contribution in [-0.2, 0) is 16.1 Å². The van der Waals surface area contributed by atoms with Gasteiger partial charge in [-0.2, -0.15) is 5.10 Å². The highest BCUT2D eigenvalue weighted by Gasteiger charge is 2.39. The molecule has 17 heavy (non-hydrogen) atoms. The van der Waals surface area contributed by atoms with Gasteiger partial charge in [0, 0.05) is 12.6 Å². The second-order valence-electron chi connectivity index (χ2n) is 4.65. The van der Waals surface area contributed by atoms with E-state index in [1.807, 2.05) is 6.92 Å². The number of carbonyl (C=O) groups is 1. The van der Waals surface area contributed by atoms with Gasteiger partial charge in [-0.3, -0.25) is 14.8 Å². The summed E-state index contributed by atoms with van der Waals surface area (Å²) in [6.07, 6.45) is 6.05. The lowest BCUT2D eigenvalue weighted by molar-refractivity contribution is -0.148. The van der Waals surface area contributed by atoms with Crippen molar-refractivity contribution in [2.45, 2.75) is 44.3 Å². The number of rotatable bonds is 6. The number of esters is 1. The number of nitrogens with one attached hydrogen (secondary N) is 1. The Balaban J connectivity index is 1.96. The van der Waals surface area contributed by atoms with Crippen LogP contribution in [0.1, 0.15) is 26.2 Å². The first-order valence-corrected chi connectivity index (χ1v) is 5.82. The molecule has 1 atom stereocenters. The molecule has 6 nitrogen and oxygen atoms in total. The highest BCUT2D eigenvalue weighted by Crippen LogP contribution is 2.25. The van der Waals surface area contributed by atoms with Crippen LogP contribution in [0.4, 0.5) is 0 Å². The predicted octanol–water partition coefficient (Wildman–Crippen LogP) is 0.352. The van der Waals surface area contributed by atoms with Crippen molar-refractivity contribution < 1.29 is 9.53 Å². The molecule has 1 aromatic heterocycles. The summed E-state index contributed by atoms with van der Waals surface area (Å²) in [7, 11) is 1.42. The summed E-state index contributed by atoms with van der Waals surface area (Å²) < 4.78 is 6.59. The van der Waals surface area contributed by atoms with Gasteiger partial charge in [0.1, 0.15) is 18.2 Å². The van der Waals surface area contributed by atoms with Crippen molar-refractivity contribution in [1.82, 2.24) is 20.1 Å².